The zero-order valence-electron chi connectivity index (χ0n) is 27.0. The molecule has 14 atom stereocenters. The molecule has 44 heavy (non-hydrogen) atoms. The SMILES string of the molecule is CC[C@H](C)C1OC(OC(C)=O)C(OC(C)=O)[C@@H](C)[C@@H]1P[B]B=O.CC[C@H](C)C1OC(S)C(OC(C)=O)[C@@H](C)[C@@H]1P[B]B=O.[Ar]. The van der Waals surface area contributed by atoms with E-state index in [-0.39, 0.29) is 99.6 Å². The number of carbonyl (C=O) groups excluding carboxylic acids is 3. The summed E-state index contributed by atoms with van der Waals surface area (Å²) >= 11 is 4.44. The topological polar surface area (TPSA) is 132 Å². The maximum absolute atomic E-state index is 11.4. The molecule has 2 aliphatic rings. The number of esters is 3. The Morgan fingerprint density at radius 2 is 1.14 bits per heavy atom. The molecule has 2 fully saturated rings. The van der Waals surface area contributed by atoms with Crippen LogP contribution in [0.4, 0.5) is 0 Å². The third-order valence-electron chi connectivity index (χ3n) is 8.02. The van der Waals surface area contributed by atoms with Crippen LogP contribution in [0.25, 0.3) is 0 Å². The van der Waals surface area contributed by atoms with E-state index in [9.17, 15) is 23.8 Å². The van der Waals surface area contributed by atoms with Gasteiger partial charge in [0.1, 0.15) is 0 Å². The first-order chi connectivity index (χ1) is 20.2. The van der Waals surface area contributed by atoms with E-state index in [4.69, 9.17) is 23.7 Å². The molecule has 18 heteroatoms. The molecule has 0 N–H and O–H groups in total. The Bertz CT molecular complexity index is 932. The minimum Gasteiger partial charge on any atom is 0 e. The van der Waals surface area contributed by atoms with E-state index in [2.05, 4.69) is 40.3 Å². The van der Waals surface area contributed by atoms with Crippen molar-refractivity contribution in [3.8, 4) is 0 Å². The second-order valence-electron chi connectivity index (χ2n) is 11.2. The molecule has 0 saturated carbocycles. The standard InChI is InChI=1S/C14H24B2O6P.C12H22B2O4PS.Ar/c1-6-7(2)11-13(23-16-15-19)8(3)12(20-9(4)17)14(22-11)21-10(5)18;1-5-6(2)9-11(19-14-13-16)7(3)10(12(20)18-9)17-8(4)15;/h7-8,11-14,23H,6H2,1-5H3;6-7,9-12,19-20H,5H2,1-4H3;/t7-,8+,11?,12?,13-,14?;6-,7+,9?,10?,11-,12?;/m00./s1. The Morgan fingerprint density at radius 3 is 1.52 bits per heavy atom. The molecule has 0 bridgehead atoms. The van der Waals surface area contributed by atoms with Gasteiger partial charge in [-0.2, -0.15) is 0 Å². The number of thiol groups is 1. The summed E-state index contributed by atoms with van der Waals surface area (Å²) in [6, 6.07) is 0. The van der Waals surface area contributed by atoms with Gasteiger partial charge in [0.2, 0.25) is 0 Å². The molecule has 246 valence electrons. The van der Waals surface area contributed by atoms with Crippen molar-refractivity contribution in [2.45, 2.75) is 123 Å². The Morgan fingerprint density at radius 1 is 0.750 bits per heavy atom. The molecular formula is C26H46ArB4O10P2S. The Balaban J connectivity index is 0.000000829. The second kappa shape index (κ2) is 23.1. The summed E-state index contributed by atoms with van der Waals surface area (Å²) in [6.45, 7) is 19.6. The van der Waals surface area contributed by atoms with Crippen LogP contribution in [0.3, 0.4) is 0 Å². The van der Waals surface area contributed by atoms with Crippen molar-refractivity contribution < 1.29 is 85.2 Å². The average Bonchev–Trinajstić information content (AvgIpc) is 2.94. The molecule has 8 unspecified atom stereocenters. The third-order valence-corrected chi connectivity index (χ3v) is 11.6. The van der Waals surface area contributed by atoms with Crippen LogP contribution in [0.5, 0.6) is 0 Å². The van der Waals surface area contributed by atoms with Crippen molar-refractivity contribution >= 4 is 75.3 Å². The first kappa shape index (κ1) is 44.7. The molecular weight excluding hydrogens is 649 g/mol. The summed E-state index contributed by atoms with van der Waals surface area (Å²) in [6.07, 6.45) is -0.187. The van der Waals surface area contributed by atoms with E-state index in [1.165, 1.54) is 20.8 Å². The van der Waals surface area contributed by atoms with Crippen LogP contribution in [0.2, 0.25) is 0 Å². The molecule has 10 nitrogen and oxygen atoms in total. The monoisotopic (exact) mass is 696 g/mol. The number of hydrogen-bond donors (Lipinski definition) is 1. The molecule has 2 aliphatic heterocycles. The Kier molecular flexibility index (Phi) is 23.4. The Hall–Kier alpha value is 0.659. The molecule has 0 spiro atoms. The molecule has 2 saturated heterocycles. The fourth-order valence-corrected chi connectivity index (χ4v) is 8.61. The minimum atomic E-state index is -0.914. The smallest absolute Gasteiger partial charge is 0 e. The van der Waals surface area contributed by atoms with Crippen LogP contribution in [0.1, 0.15) is 75.2 Å². The maximum atomic E-state index is 11.4. The van der Waals surface area contributed by atoms with E-state index in [0.29, 0.717) is 14.4 Å². The van der Waals surface area contributed by atoms with E-state index < -0.39 is 29.8 Å². The molecule has 0 aromatic rings. The van der Waals surface area contributed by atoms with Crippen molar-refractivity contribution in [3.05, 3.63) is 0 Å². The van der Waals surface area contributed by atoms with Gasteiger partial charge in [-0.15, -0.1) is 0 Å². The van der Waals surface area contributed by atoms with Gasteiger partial charge in [0, 0.05) is 37.7 Å². The van der Waals surface area contributed by atoms with Crippen LogP contribution >= 0.6 is 29.5 Å². The van der Waals surface area contributed by atoms with Gasteiger partial charge in [0.15, 0.2) is 0 Å². The van der Waals surface area contributed by atoms with Gasteiger partial charge in [0.05, 0.1) is 0 Å². The van der Waals surface area contributed by atoms with Gasteiger partial charge in [-0.3, -0.25) is 0 Å². The number of carbonyl (C=O) groups is 3. The van der Waals surface area contributed by atoms with E-state index >= 15 is 0 Å². The quantitative estimate of drug-likeness (QED) is 0.101. The zero-order valence-corrected chi connectivity index (χ0v) is 30.6. The summed E-state index contributed by atoms with van der Waals surface area (Å²) in [5, 5.41) is 0. The molecule has 0 aromatic heterocycles. The molecule has 2 radical (unpaired) electrons. The number of rotatable bonds is 13. The van der Waals surface area contributed by atoms with Gasteiger partial charge in [0.25, 0.3) is 0 Å². The van der Waals surface area contributed by atoms with Gasteiger partial charge < -0.3 is 0 Å². The first-order valence-corrected chi connectivity index (χ1v) is 17.6. The van der Waals surface area contributed by atoms with Gasteiger partial charge in [-0.1, -0.05) is 0 Å². The van der Waals surface area contributed by atoms with Gasteiger partial charge in [-0.05, 0) is 0 Å². The van der Waals surface area contributed by atoms with Crippen molar-refractivity contribution in [1.82, 2.24) is 0 Å². The molecule has 0 amide bonds. The summed E-state index contributed by atoms with van der Waals surface area (Å²) in [5.41, 5.74) is -0.195. The largest absolute Gasteiger partial charge is 0 e. The predicted octanol–water partition coefficient (Wildman–Crippen LogP) is 3.41. The summed E-state index contributed by atoms with van der Waals surface area (Å²) < 4.78 is 49.3. The van der Waals surface area contributed by atoms with Crippen LogP contribution in [-0.4, -0.2) is 93.2 Å². The molecule has 2 heterocycles. The van der Waals surface area contributed by atoms with Crippen LogP contribution in [0, 0.1) is 61.4 Å². The fourth-order valence-electron chi connectivity index (χ4n) is 5.36. The average molecular weight is 696 g/mol. The van der Waals surface area contributed by atoms with Gasteiger partial charge >= 0.3 is 269 Å². The van der Waals surface area contributed by atoms with Crippen molar-refractivity contribution in [2.24, 2.45) is 23.7 Å². The molecule has 2 rings (SSSR count). The van der Waals surface area contributed by atoms with E-state index in [0.717, 1.165) is 26.9 Å². The molecule has 0 aliphatic carbocycles. The second-order valence-corrected chi connectivity index (χ2v) is 14.4. The van der Waals surface area contributed by atoms with Crippen molar-refractivity contribution in [3.63, 3.8) is 0 Å². The van der Waals surface area contributed by atoms with E-state index in [1.54, 1.807) is 13.8 Å². The van der Waals surface area contributed by atoms with Gasteiger partial charge in [-0.25, -0.2) is 0 Å². The van der Waals surface area contributed by atoms with E-state index in [1.807, 2.05) is 13.8 Å². The first-order valence-electron chi connectivity index (χ1n) is 14.8. The fraction of sp³-hybridized carbons (Fsp3) is 0.885. The van der Waals surface area contributed by atoms with Crippen molar-refractivity contribution in [1.29, 1.82) is 0 Å². The van der Waals surface area contributed by atoms with Crippen LogP contribution < -0.4 is 0 Å². The zero-order chi connectivity index (χ0) is 32.9. The number of hydrogen-bond acceptors (Lipinski definition) is 11. The summed E-state index contributed by atoms with van der Waals surface area (Å²) in [7, 11) is 2.22. The maximum Gasteiger partial charge on any atom is 0 e. The number of ether oxygens (including phenoxy) is 5. The molecule has 0 aromatic carbocycles. The summed E-state index contributed by atoms with van der Waals surface area (Å²) in [4.78, 5) is 34.0. The Labute approximate surface area is 304 Å². The minimum absolute atomic E-state index is 0. The van der Waals surface area contributed by atoms with Crippen LogP contribution in [0.15, 0.2) is 0 Å². The normalized spacial score (nSPS) is 33.0. The third kappa shape index (κ3) is 14.0. The van der Waals surface area contributed by atoms with Crippen LogP contribution in [-0.2, 0) is 47.5 Å². The predicted molar refractivity (Wildman–Crippen MR) is 175 cm³/mol. The van der Waals surface area contributed by atoms with Crippen molar-refractivity contribution in [2.75, 3.05) is 0 Å². The summed E-state index contributed by atoms with van der Waals surface area (Å²) in [5.74, 6) is -0.634.